The number of nitrogens with one attached hydrogen (secondary N) is 3. The number of anilines is 3. The largest absolute Gasteiger partial charge is 0.394 e. The van der Waals surface area contributed by atoms with Crippen LogP contribution in [0.1, 0.15) is 22.0 Å². The van der Waals surface area contributed by atoms with E-state index in [1.165, 1.54) is 6.20 Å². The quantitative estimate of drug-likeness (QED) is 0.282. The zero-order valence-corrected chi connectivity index (χ0v) is 18.4. The van der Waals surface area contributed by atoms with Crippen LogP contribution in [-0.2, 0) is 7.05 Å². The van der Waals surface area contributed by atoms with E-state index in [2.05, 4.69) is 26.0 Å². The van der Waals surface area contributed by atoms with Crippen molar-refractivity contribution in [2.24, 2.45) is 7.05 Å². The molecule has 0 saturated heterocycles. The molecule has 0 bridgehead atoms. The highest BCUT2D eigenvalue weighted by molar-refractivity contribution is 5.99. The van der Waals surface area contributed by atoms with Crippen molar-refractivity contribution in [3.8, 4) is 0 Å². The lowest BCUT2D eigenvalue weighted by Crippen LogP contribution is -2.30. The first-order valence-electron chi connectivity index (χ1n) is 10.5. The minimum absolute atomic E-state index is 0.317. The molecule has 2 aromatic heterocycles. The summed E-state index contributed by atoms with van der Waals surface area (Å²) in [5.41, 5.74) is 3.38. The van der Waals surface area contributed by atoms with Crippen LogP contribution in [0.2, 0.25) is 0 Å². The maximum atomic E-state index is 12.5. The van der Waals surface area contributed by atoms with E-state index in [0.717, 1.165) is 22.2 Å². The van der Waals surface area contributed by atoms with Crippen LogP contribution in [0.4, 0.5) is 17.2 Å². The molecule has 2 atom stereocenters. The van der Waals surface area contributed by atoms with Gasteiger partial charge in [-0.1, -0.05) is 30.3 Å². The van der Waals surface area contributed by atoms with E-state index in [1.807, 2.05) is 55.6 Å². The highest BCUT2D eigenvalue weighted by Crippen LogP contribution is 2.28. The van der Waals surface area contributed by atoms with E-state index in [0.29, 0.717) is 17.1 Å². The molecule has 5 N–H and O–H groups in total. The topological polar surface area (TPSA) is 124 Å². The van der Waals surface area contributed by atoms with Gasteiger partial charge in [-0.15, -0.1) is 0 Å². The lowest BCUT2D eigenvalue weighted by atomic mass is 10.0. The number of pyridine rings is 1. The Labute approximate surface area is 191 Å². The minimum atomic E-state index is -1.08. The van der Waals surface area contributed by atoms with Gasteiger partial charge < -0.3 is 26.2 Å². The summed E-state index contributed by atoms with van der Waals surface area (Å²) in [4.78, 5) is 16.9. The van der Waals surface area contributed by atoms with E-state index in [9.17, 15) is 15.0 Å². The Balaban J connectivity index is 1.68. The molecule has 4 rings (SSSR count). The van der Waals surface area contributed by atoms with Crippen LogP contribution < -0.4 is 16.0 Å². The third-order valence-electron chi connectivity index (χ3n) is 5.44. The second kappa shape index (κ2) is 9.68. The minimum Gasteiger partial charge on any atom is -0.394 e. The molecule has 0 radical (unpaired) electrons. The molecule has 0 fully saturated rings. The summed E-state index contributed by atoms with van der Waals surface area (Å²) in [6, 6.07) is 16.2. The van der Waals surface area contributed by atoms with Crippen molar-refractivity contribution in [2.45, 2.75) is 12.1 Å². The van der Waals surface area contributed by atoms with Crippen molar-refractivity contribution < 1.29 is 15.0 Å². The first-order chi connectivity index (χ1) is 16.0. The molecular formula is C24H26N6O3. The second-order valence-electron chi connectivity index (χ2n) is 7.64. The number of aryl methyl sites for hydroxylation is 1. The average molecular weight is 447 g/mol. The molecule has 0 aliphatic rings. The van der Waals surface area contributed by atoms with Crippen LogP contribution in [0.25, 0.3) is 10.9 Å². The average Bonchev–Trinajstić information content (AvgIpc) is 3.22. The zero-order chi connectivity index (χ0) is 23.4. The number of fused-ring (bicyclic) bond motifs is 1. The number of hydrogen-bond acceptors (Lipinski definition) is 7. The molecule has 0 unspecified atom stereocenters. The summed E-state index contributed by atoms with van der Waals surface area (Å²) in [6.45, 7) is -0.441. The van der Waals surface area contributed by atoms with Gasteiger partial charge in [0.1, 0.15) is 11.9 Å². The SMILES string of the molecule is CNC(=O)c1cnc(Nc2ccc3c(cnn3C)c2)cc1N[C@@H](c1ccccc1)[C@H](O)CO. The Bertz CT molecular complexity index is 1260. The normalized spacial score (nSPS) is 12.8. The van der Waals surface area contributed by atoms with Gasteiger partial charge in [-0.2, -0.15) is 5.10 Å². The third-order valence-corrected chi connectivity index (χ3v) is 5.44. The van der Waals surface area contributed by atoms with Crippen molar-refractivity contribution in [3.05, 3.63) is 78.1 Å². The smallest absolute Gasteiger partial charge is 0.254 e. The van der Waals surface area contributed by atoms with Crippen LogP contribution in [-0.4, -0.2) is 50.6 Å². The Kier molecular flexibility index (Phi) is 6.53. The van der Waals surface area contributed by atoms with Gasteiger partial charge in [0.15, 0.2) is 0 Å². The summed E-state index contributed by atoms with van der Waals surface area (Å²) in [5.74, 6) is 0.192. The number of amides is 1. The van der Waals surface area contributed by atoms with Crippen molar-refractivity contribution in [1.82, 2.24) is 20.1 Å². The molecule has 9 nitrogen and oxygen atoms in total. The number of rotatable bonds is 8. The molecule has 9 heteroatoms. The number of nitrogens with zero attached hydrogens (tertiary/aromatic N) is 3. The summed E-state index contributed by atoms with van der Waals surface area (Å²) >= 11 is 0. The van der Waals surface area contributed by atoms with Crippen LogP contribution >= 0.6 is 0 Å². The van der Waals surface area contributed by atoms with Gasteiger partial charge in [0.2, 0.25) is 0 Å². The van der Waals surface area contributed by atoms with Gasteiger partial charge in [-0.3, -0.25) is 9.48 Å². The molecule has 0 spiro atoms. The van der Waals surface area contributed by atoms with Gasteiger partial charge >= 0.3 is 0 Å². The summed E-state index contributed by atoms with van der Waals surface area (Å²) < 4.78 is 1.80. The molecule has 4 aromatic rings. The summed E-state index contributed by atoms with van der Waals surface area (Å²) in [5, 5.41) is 34.4. The Morgan fingerprint density at radius 2 is 1.91 bits per heavy atom. The van der Waals surface area contributed by atoms with E-state index >= 15 is 0 Å². The van der Waals surface area contributed by atoms with Gasteiger partial charge in [-0.05, 0) is 23.8 Å². The van der Waals surface area contributed by atoms with Gasteiger partial charge in [0.25, 0.3) is 5.91 Å². The molecule has 170 valence electrons. The maximum Gasteiger partial charge on any atom is 0.254 e. The lowest BCUT2D eigenvalue weighted by molar-refractivity contribution is 0.0793. The highest BCUT2D eigenvalue weighted by atomic mass is 16.3. The number of benzene rings is 2. The summed E-state index contributed by atoms with van der Waals surface area (Å²) in [6.07, 6.45) is 2.18. The summed E-state index contributed by atoms with van der Waals surface area (Å²) in [7, 11) is 3.43. The first kappa shape index (κ1) is 22.3. The van der Waals surface area contributed by atoms with Crippen LogP contribution in [0, 0.1) is 0 Å². The number of carbonyl (C=O) groups excluding carboxylic acids is 1. The number of aromatic nitrogens is 3. The maximum absolute atomic E-state index is 12.5. The highest BCUT2D eigenvalue weighted by Gasteiger charge is 2.23. The third kappa shape index (κ3) is 4.79. The fourth-order valence-corrected chi connectivity index (χ4v) is 3.68. The monoisotopic (exact) mass is 446 g/mol. The zero-order valence-electron chi connectivity index (χ0n) is 18.4. The predicted molar refractivity (Wildman–Crippen MR) is 128 cm³/mol. The number of aliphatic hydroxyl groups excluding tert-OH is 2. The van der Waals surface area contributed by atoms with Gasteiger partial charge in [0, 0.05) is 37.4 Å². The fourth-order valence-electron chi connectivity index (χ4n) is 3.68. The molecule has 0 aliphatic heterocycles. The molecule has 1 amide bonds. The lowest BCUT2D eigenvalue weighted by Gasteiger charge is -2.25. The molecule has 0 aliphatic carbocycles. The van der Waals surface area contributed by atoms with Crippen molar-refractivity contribution in [2.75, 3.05) is 24.3 Å². The fraction of sp³-hybridized carbons (Fsp3) is 0.208. The van der Waals surface area contributed by atoms with Crippen molar-refractivity contribution in [1.29, 1.82) is 0 Å². The molecule has 0 saturated carbocycles. The molecule has 2 heterocycles. The van der Waals surface area contributed by atoms with E-state index in [4.69, 9.17) is 0 Å². The van der Waals surface area contributed by atoms with Gasteiger partial charge in [0.05, 0.1) is 35.6 Å². The van der Waals surface area contributed by atoms with Crippen LogP contribution in [0.15, 0.2) is 67.0 Å². The number of hydrogen-bond donors (Lipinski definition) is 5. The second-order valence-corrected chi connectivity index (χ2v) is 7.64. The number of carbonyl (C=O) groups is 1. The Morgan fingerprint density at radius 1 is 1.12 bits per heavy atom. The standard InChI is InChI=1S/C24H26N6O3/c1-25-24(33)18-13-26-22(28-17-8-9-20-16(10-17)12-27-30(20)2)11-19(18)29-23(21(32)14-31)15-6-4-3-5-7-15/h3-13,21,23,31-32H,14H2,1-2H3,(H,25,33)(H2,26,28,29)/t21-,23+/m1/s1. The van der Waals surface area contributed by atoms with E-state index in [-0.39, 0.29) is 5.91 Å². The van der Waals surface area contributed by atoms with E-state index < -0.39 is 18.8 Å². The van der Waals surface area contributed by atoms with Crippen LogP contribution in [0.3, 0.4) is 0 Å². The Hall–Kier alpha value is -3.95. The van der Waals surface area contributed by atoms with Crippen molar-refractivity contribution in [3.63, 3.8) is 0 Å². The van der Waals surface area contributed by atoms with Crippen molar-refractivity contribution >= 4 is 34.0 Å². The Morgan fingerprint density at radius 3 is 2.64 bits per heavy atom. The molecular weight excluding hydrogens is 420 g/mol. The van der Waals surface area contributed by atoms with Gasteiger partial charge in [-0.25, -0.2) is 4.98 Å². The van der Waals surface area contributed by atoms with E-state index in [1.54, 1.807) is 24.0 Å². The number of aliphatic hydroxyl groups is 2. The molecule has 2 aromatic carbocycles. The van der Waals surface area contributed by atoms with Crippen LogP contribution in [0.5, 0.6) is 0 Å². The predicted octanol–water partition coefficient (Wildman–Crippen LogP) is 2.58. The molecule has 33 heavy (non-hydrogen) atoms. The first-order valence-corrected chi connectivity index (χ1v) is 10.5.